The molecular formula is C14H24N2O. The molecule has 1 aromatic rings. The zero-order chi connectivity index (χ0) is 12.1. The quantitative estimate of drug-likeness (QED) is 0.851. The summed E-state index contributed by atoms with van der Waals surface area (Å²) >= 11 is 0. The fourth-order valence-corrected chi connectivity index (χ4v) is 2.70. The van der Waals surface area contributed by atoms with Crippen LogP contribution in [0.2, 0.25) is 0 Å². The van der Waals surface area contributed by atoms with Gasteiger partial charge in [-0.3, -0.25) is 4.90 Å². The van der Waals surface area contributed by atoms with Crippen LogP contribution in [-0.4, -0.2) is 31.1 Å². The van der Waals surface area contributed by atoms with Crippen LogP contribution < -0.4 is 5.32 Å². The molecule has 1 aromatic heterocycles. The van der Waals surface area contributed by atoms with Crippen molar-refractivity contribution in [1.82, 2.24) is 10.2 Å². The number of piperidine rings is 1. The van der Waals surface area contributed by atoms with Crippen molar-refractivity contribution < 1.29 is 4.42 Å². The van der Waals surface area contributed by atoms with Gasteiger partial charge in [0, 0.05) is 13.1 Å². The number of nitrogens with zero attached hydrogens (tertiary/aromatic N) is 1. The Morgan fingerprint density at radius 3 is 3.00 bits per heavy atom. The predicted molar refractivity (Wildman–Crippen MR) is 69.9 cm³/mol. The highest BCUT2D eigenvalue weighted by atomic mass is 16.3. The van der Waals surface area contributed by atoms with Crippen LogP contribution in [0.5, 0.6) is 0 Å². The maximum atomic E-state index is 5.43. The van der Waals surface area contributed by atoms with Gasteiger partial charge < -0.3 is 9.73 Å². The van der Waals surface area contributed by atoms with Gasteiger partial charge in [-0.15, -0.1) is 0 Å². The molecule has 1 aliphatic heterocycles. The van der Waals surface area contributed by atoms with E-state index in [1.165, 1.54) is 19.4 Å². The fraction of sp³-hybridized carbons (Fsp3) is 0.714. The Labute approximate surface area is 104 Å². The zero-order valence-corrected chi connectivity index (χ0v) is 11.0. The molecule has 1 saturated heterocycles. The Kier molecular flexibility index (Phi) is 4.24. The maximum absolute atomic E-state index is 5.43. The minimum atomic E-state index is 0.418. The normalized spacial score (nSPS) is 25.4. The topological polar surface area (TPSA) is 28.4 Å². The Morgan fingerprint density at radius 2 is 2.41 bits per heavy atom. The van der Waals surface area contributed by atoms with Crippen LogP contribution in [0, 0.1) is 5.41 Å². The van der Waals surface area contributed by atoms with Crippen LogP contribution in [-0.2, 0) is 6.54 Å². The third-order valence-corrected chi connectivity index (χ3v) is 3.70. The molecule has 3 heteroatoms. The number of nitrogens with one attached hydrogen (secondary N) is 1. The van der Waals surface area contributed by atoms with Crippen LogP contribution in [0.1, 0.15) is 32.4 Å². The van der Waals surface area contributed by atoms with Crippen LogP contribution in [0.4, 0.5) is 0 Å². The van der Waals surface area contributed by atoms with Gasteiger partial charge in [-0.2, -0.15) is 0 Å². The Bertz CT molecular complexity index is 315. The summed E-state index contributed by atoms with van der Waals surface area (Å²) in [7, 11) is 0. The van der Waals surface area contributed by atoms with Gasteiger partial charge in [0.2, 0.25) is 0 Å². The zero-order valence-electron chi connectivity index (χ0n) is 11.0. The van der Waals surface area contributed by atoms with Crippen molar-refractivity contribution in [3.05, 3.63) is 24.2 Å². The highest BCUT2D eigenvalue weighted by molar-refractivity contribution is 4.98. The summed E-state index contributed by atoms with van der Waals surface area (Å²) < 4.78 is 5.43. The molecule has 0 radical (unpaired) electrons. The fourth-order valence-electron chi connectivity index (χ4n) is 2.70. The van der Waals surface area contributed by atoms with Gasteiger partial charge >= 0.3 is 0 Å². The molecule has 1 unspecified atom stereocenters. The SMILES string of the molecule is CCN(Cc1ccco1)CC1(C)CCCNC1. The lowest BCUT2D eigenvalue weighted by Gasteiger charge is -2.38. The Balaban J connectivity index is 1.90. The molecule has 0 aromatic carbocycles. The highest BCUT2D eigenvalue weighted by Gasteiger charge is 2.28. The van der Waals surface area contributed by atoms with E-state index in [9.17, 15) is 0 Å². The Hall–Kier alpha value is -0.800. The van der Waals surface area contributed by atoms with Gasteiger partial charge in [-0.25, -0.2) is 0 Å². The van der Waals surface area contributed by atoms with Crippen molar-refractivity contribution in [1.29, 1.82) is 0 Å². The number of hydrogen-bond acceptors (Lipinski definition) is 3. The first-order valence-corrected chi connectivity index (χ1v) is 6.67. The van der Waals surface area contributed by atoms with E-state index in [0.29, 0.717) is 5.41 Å². The summed E-state index contributed by atoms with van der Waals surface area (Å²) in [4.78, 5) is 2.48. The van der Waals surface area contributed by atoms with Gasteiger partial charge in [-0.05, 0) is 43.5 Å². The summed E-state index contributed by atoms with van der Waals surface area (Å²) in [6.07, 6.45) is 4.39. The lowest BCUT2D eigenvalue weighted by atomic mass is 9.82. The van der Waals surface area contributed by atoms with Crippen molar-refractivity contribution in [2.24, 2.45) is 5.41 Å². The maximum Gasteiger partial charge on any atom is 0.117 e. The van der Waals surface area contributed by atoms with Crippen LogP contribution in [0.25, 0.3) is 0 Å². The summed E-state index contributed by atoms with van der Waals surface area (Å²) in [5.41, 5.74) is 0.418. The first-order valence-electron chi connectivity index (χ1n) is 6.67. The summed E-state index contributed by atoms with van der Waals surface area (Å²) in [6.45, 7) is 10.1. The Morgan fingerprint density at radius 1 is 1.53 bits per heavy atom. The molecule has 2 rings (SSSR count). The molecule has 0 spiro atoms. The second-order valence-electron chi connectivity index (χ2n) is 5.47. The van der Waals surface area contributed by atoms with E-state index in [2.05, 4.69) is 30.1 Å². The van der Waals surface area contributed by atoms with E-state index in [1.54, 1.807) is 6.26 Å². The molecule has 0 bridgehead atoms. The molecule has 17 heavy (non-hydrogen) atoms. The molecule has 1 fully saturated rings. The summed E-state index contributed by atoms with van der Waals surface area (Å²) in [5.74, 6) is 1.07. The first kappa shape index (κ1) is 12.7. The van der Waals surface area contributed by atoms with Crippen molar-refractivity contribution in [3.8, 4) is 0 Å². The molecule has 96 valence electrons. The van der Waals surface area contributed by atoms with Gasteiger partial charge in [0.15, 0.2) is 0 Å². The third kappa shape index (κ3) is 3.58. The van der Waals surface area contributed by atoms with Crippen LogP contribution >= 0.6 is 0 Å². The second kappa shape index (κ2) is 5.69. The van der Waals surface area contributed by atoms with E-state index < -0.39 is 0 Å². The van der Waals surface area contributed by atoms with E-state index >= 15 is 0 Å². The minimum absolute atomic E-state index is 0.418. The molecule has 3 nitrogen and oxygen atoms in total. The van der Waals surface area contributed by atoms with Gasteiger partial charge in [0.1, 0.15) is 5.76 Å². The number of furan rings is 1. The molecule has 0 aliphatic carbocycles. The van der Waals surface area contributed by atoms with E-state index in [-0.39, 0.29) is 0 Å². The monoisotopic (exact) mass is 236 g/mol. The average molecular weight is 236 g/mol. The van der Waals surface area contributed by atoms with Gasteiger partial charge in [0.05, 0.1) is 12.8 Å². The molecular weight excluding hydrogens is 212 g/mol. The molecule has 0 amide bonds. The van der Waals surface area contributed by atoms with E-state index in [0.717, 1.165) is 31.9 Å². The second-order valence-corrected chi connectivity index (χ2v) is 5.47. The molecule has 1 N–H and O–H groups in total. The van der Waals surface area contributed by atoms with Crippen molar-refractivity contribution >= 4 is 0 Å². The average Bonchev–Trinajstić information content (AvgIpc) is 2.81. The van der Waals surface area contributed by atoms with Crippen molar-refractivity contribution in [2.75, 3.05) is 26.2 Å². The van der Waals surface area contributed by atoms with Crippen molar-refractivity contribution in [2.45, 2.75) is 33.2 Å². The lowest BCUT2D eigenvalue weighted by Crippen LogP contribution is -2.45. The molecule has 1 atom stereocenters. The van der Waals surface area contributed by atoms with Crippen molar-refractivity contribution in [3.63, 3.8) is 0 Å². The number of hydrogen-bond donors (Lipinski definition) is 1. The van der Waals surface area contributed by atoms with Crippen LogP contribution in [0.15, 0.2) is 22.8 Å². The van der Waals surface area contributed by atoms with E-state index in [4.69, 9.17) is 4.42 Å². The summed E-state index contributed by atoms with van der Waals surface area (Å²) in [6, 6.07) is 4.02. The standard InChI is InChI=1S/C14H24N2O/c1-3-16(10-13-6-4-9-17-13)12-14(2)7-5-8-15-11-14/h4,6,9,15H,3,5,7-8,10-12H2,1-2H3. The lowest BCUT2D eigenvalue weighted by molar-refractivity contribution is 0.126. The third-order valence-electron chi connectivity index (χ3n) is 3.70. The smallest absolute Gasteiger partial charge is 0.117 e. The molecule has 2 heterocycles. The number of rotatable bonds is 5. The van der Waals surface area contributed by atoms with Gasteiger partial charge in [-0.1, -0.05) is 13.8 Å². The first-order chi connectivity index (χ1) is 8.22. The minimum Gasteiger partial charge on any atom is -0.468 e. The van der Waals surface area contributed by atoms with Crippen LogP contribution in [0.3, 0.4) is 0 Å². The predicted octanol–water partition coefficient (Wildman–Crippen LogP) is 2.49. The van der Waals surface area contributed by atoms with Gasteiger partial charge in [0.25, 0.3) is 0 Å². The van der Waals surface area contributed by atoms with E-state index in [1.807, 2.05) is 6.07 Å². The summed E-state index contributed by atoms with van der Waals surface area (Å²) in [5, 5.41) is 3.51. The largest absolute Gasteiger partial charge is 0.468 e. The molecule has 0 saturated carbocycles. The molecule has 1 aliphatic rings. The highest BCUT2D eigenvalue weighted by Crippen LogP contribution is 2.27.